The Hall–Kier alpha value is -1.72. The molecule has 1 aromatic carbocycles. The van der Waals surface area contributed by atoms with Gasteiger partial charge in [0.15, 0.2) is 0 Å². The van der Waals surface area contributed by atoms with E-state index >= 15 is 0 Å². The van der Waals surface area contributed by atoms with E-state index in [4.69, 9.17) is 11.6 Å². The summed E-state index contributed by atoms with van der Waals surface area (Å²) in [6, 6.07) is 5.09. The Bertz CT molecular complexity index is 711. The third-order valence-corrected chi connectivity index (χ3v) is 4.53. The van der Waals surface area contributed by atoms with E-state index < -0.39 is 11.7 Å². The SMILES string of the molecule is CCc1nc(CN2C(=O)C(=O)c3c(Cl)cccc32)cs1. The Morgan fingerprint density at radius 3 is 2.85 bits per heavy atom. The zero-order valence-electron chi connectivity index (χ0n) is 10.7. The molecule has 20 heavy (non-hydrogen) atoms. The zero-order chi connectivity index (χ0) is 14.3. The monoisotopic (exact) mass is 306 g/mol. The number of fused-ring (bicyclic) bond motifs is 1. The quantitative estimate of drug-likeness (QED) is 0.819. The van der Waals surface area contributed by atoms with E-state index in [2.05, 4.69) is 4.98 Å². The van der Waals surface area contributed by atoms with Crippen LogP contribution in [-0.2, 0) is 17.8 Å². The lowest BCUT2D eigenvalue weighted by Gasteiger charge is -2.14. The molecule has 0 N–H and O–H groups in total. The molecule has 0 fully saturated rings. The maximum absolute atomic E-state index is 12.1. The van der Waals surface area contributed by atoms with Crippen LogP contribution in [-0.4, -0.2) is 16.7 Å². The topological polar surface area (TPSA) is 50.3 Å². The highest BCUT2D eigenvalue weighted by atomic mass is 35.5. The first-order valence-electron chi connectivity index (χ1n) is 6.19. The Labute approximate surface area is 125 Å². The van der Waals surface area contributed by atoms with Crippen LogP contribution in [0.5, 0.6) is 0 Å². The second kappa shape index (κ2) is 5.00. The van der Waals surface area contributed by atoms with Crippen LogP contribution in [0.3, 0.4) is 0 Å². The van der Waals surface area contributed by atoms with Crippen molar-refractivity contribution in [3.8, 4) is 0 Å². The van der Waals surface area contributed by atoms with Crippen molar-refractivity contribution < 1.29 is 9.59 Å². The number of rotatable bonds is 3. The summed E-state index contributed by atoms with van der Waals surface area (Å²) in [5, 5.41) is 3.25. The van der Waals surface area contributed by atoms with Crippen LogP contribution in [0.1, 0.15) is 28.0 Å². The number of carbonyl (C=O) groups is 2. The van der Waals surface area contributed by atoms with E-state index in [0.29, 0.717) is 22.8 Å². The summed E-state index contributed by atoms with van der Waals surface area (Å²) in [4.78, 5) is 29.9. The molecule has 1 aromatic heterocycles. The fourth-order valence-corrected chi connectivity index (χ4v) is 3.20. The number of anilines is 1. The number of ketones is 1. The fourth-order valence-electron chi connectivity index (χ4n) is 2.20. The molecule has 6 heteroatoms. The van der Waals surface area contributed by atoms with Crippen molar-refractivity contribution in [3.05, 3.63) is 44.9 Å². The summed E-state index contributed by atoms with van der Waals surface area (Å²) in [7, 11) is 0. The first-order valence-corrected chi connectivity index (χ1v) is 7.45. The Morgan fingerprint density at radius 2 is 2.15 bits per heavy atom. The number of hydrogen-bond donors (Lipinski definition) is 0. The molecule has 3 rings (SSSR count). The minimum atomic E-state index is -0.545. The van der Waals surface area contributed by atoms with Gasteiger partial charge in [-0.25, -0.2) is 4.98 Å². The van der Waals surface area contributed by atoms with Crippen LogP contribution in [0.2, 0.25) is 5.02 Å². The van der Waals surface area contributed by atoms with Crippen LogP contribution in [0.25, 0.3) is 0 Å². The minimum Gasteiger partial charge on any atom is -0.299 e. The lowest BCUT2D eigenvalue weighted by molar-refractivity contribution is -0.114. The number of carbonyl (C=O) groups excluding carboxylic acids is 2. The van der Waals surface area contributed by atoms with E-state index in [9.17, 15) is 9.59 Å². The molecule has 2 heterocycles. The van der Waals surface area contributed by atoms with Crippen molar-refractivity contribution in [2.45, 2.75) is 19.9 Å². The van der Waals surface area contributed by atoms with E-state index in [1.807, 2.05) is 12.3 Å². The maximum atomic E-state index is 12.1. The second-order valence-electron chi connectivity index (χ2n) is 4.44. The molecule has 1 aliphatic heterocycles. The summed E-state index contributed by atoms with van der Waals surface area (Å²) < 4.78 is 0. The lowest BCUT2D eigenvalue weighted by atomic mass is 10.1. The number of aryl methyl sites for hydroxylation is 1. The largest absolute Gasteiger partial charge is 0.299 e. The number of nitrogens with zero attached hydrogens (tertiary/aromatic N) is 2. The van der Waals surface area contributed by atoms with Gasteiger partial charge in [0.25, 0.3) is 11.7 Å². The van der Waals surface area contributed by atoms with Gasteiger partial charge in [-0.1, -0.05) is 24.6 Å². The maximum Gasteiger partial charge on any atom is 0.299 e. The molecule has 102 valence electrons. The highest BCUT2D eigenvalue weighted by molar-refractivity contribution is 7.09. The number of thiazole rings is 1. The van der Waals surface area contributed by atoms with E-state index in [1.54, 1.807) is 29.5 Å². The van der Waals surface area contributed by atoms with Crippen LogP contribution in [0.15, 0.2) is 23.6 Å². The summed E-state index contributed by atoms with van der Waals surface area (Å²) in [6.45, 7) is 2.33. The Balaban J connectivity index is 1.97. The summed E-state index contributed by atoms with van der Waals surface area (Å²) in [5.41, 5.74) is 1.66. The van der Waals surface area contributed by atoms with Crippen molar-refractivity contribution in [1.82, 2.24) is 4.98 Å². The van der Waals surface area contributed by atoms with Gasteiger partial charge in [0, 0.05) is 5.38 Å². The number of Topliss-reactive ketones (excluding diaryl/α,β-unsaturated/α-hetero) is 1. The van der Waals surface area contributed by atoms with Crippen LogP contribution in [0.4, 0.5) is 5.69 Å². The minimum absolute atomic E-state index is 0.296. The number of aromatic nitrogens is 1. The van der Waals surface area contributed by atoms with Crippen LogP contribution < -0.4 is 4.90 Å². The molecule has 2 aromatic rings. The molecular weight excluding hydrogens is 296 g/mol. The van der Waals surface area contributed by atoms with Gasteiger partial charge in [-0.2, -0.15) is 0 Å². The van der Waals surface area contributed by atoms with Crippen molar-refractivity contribution >= 4 is 40.3 Å². The van der Waals surface area contributed by atoms with E-state index in [1.165, 1.54) is 4.90 Å². The van der Waals surface area contributed by atoms with Gasteiger partial charge in [-0.3, -0.25) is 14.5 Å². The molecule has 0 aliphatic carbocycles. The summed E-state index contributed by atoms with van der Waals surface area (Å²) in [6.07, 6.45) is 0.861. The van der Waals surface area contributed by atoms with Crippen molar-refractivity contribution in [1.29, 1.82) is 0 Å². The number of benzene rings is 1. The van der Waals surface area contributed by atoms with Crippen molar-refractivity contribution in [3.63, 3.8) is 0 Å². The average Bonchev–Trinajstić information content (AvgIpc) is 2.99. The van der Waals surface area contributed by atoms with Gasteiger partial charge in [0.2, 0.25) is 0 Å². The van der Waals surface area contributed by atoms with Gasteiger partial charge in [-0.05, 0) is 18.6 Å². The molecule has 0 saturated carbocycles. The average molecular weight is 307 g/mol. The molecule has 0 spiro atoms. The number of hydrogen-bond acceptors (Lipinski definition) is 4. The molecule has 0 unspecified atom stereocenters. The Morgan fingerprint density at radius 1 is 1.35 bits per heavy atom. The molecule has 0 bridgehead atoms. The van der Waals surface area contributed by atoms with Gasteiger partial charge in [0.1, 0.15) is 0 Å². The normalized spacial score (nSPS) is 14.0. The predicted molar refractivity (Wildman–Crippen MR) is 78.5 cm³/mol. The predicted octanol–water partition coefficient (Wildman–Crippen LogP) is 3.09. The number of amides is 1. The summed E-state index contributed by atoms with van der Waals surface area (Å²) >= 11 is 7.57. The Kier molecular flexibility index (Phi) is 3.31. The van der Waals surface area contributed by atoms with Crippen molar-refractivity contribution in [2.75, 3.05) is 4.90 Å². The standard InChI is InChI=1S/C14H11ClN2O2S/c1-2-11-16-8(7-20-11)6-17-10-5-3-4-9(15)12(10)13(18)14(17)19/h3-5,7H,2,6H2,1H3. The third kappa shape index (κ3) is 2.03. The van der Waals surface area contributed by atoms with Gasteiger partial charge in [-0.15, -0.1) is 11.3 Å². The molecule has 4 nitrogen and oxygen atoms in total. The van der Waals surface area contributed by atoms with E-state index in [-0.39, 0.29) is 0 Å². The zero-order valence-corrected chi connectivity index (χ0v) is 12.3. The molecule has 1 amide bonds. The smallest absolute Gasteiger partial charge is 0.299 e. The molecule has 1 aliphatic rings. The molecule has 0 atom stereocenters. The summed E-state index contributed by atoms with van der Waals surface area (Å²) in [5.74, 6) is -1.09. The third-order valence-electron chi connectivity index (χ3n) is 3.17. The van der Waals surface area contributed by atoms with E-state index in [0.717, 1.165) is 17.1 Å². The highest BCUT2D eigenvalue weighted by Crippen LogP contribution is 2.35. The first kappa shape index (κ1) is 13.3. The fraction of sp³-hybridized carbons (Fsp3) is 0.214. The van der Waals surface area contributed by atoms with Crippen LogP contribution in [0, 0.1) is 0 Å². The van der Waals surface area contributed by atoms with Gasteiger partial charge < -0.3 is 0 Å². The van der Waals surface area contributed by atoms with Gasteiger partial charge in [0.05, 0.1) is 33.5 Å². The van der Waals surface area contributed by atoms with Gasteiger partial charge >= 0.3 is 0 Å². The molecular formula is C14H11ClN2O2S. The van der Waals surface area contributed by atoms with Crippen LogP contribution >= 0.6 is 22.9 Å². The van der Waals surface area contributed by atoms with Crippen molar-refractivity contribution in [2.24, 2.45) is 0 Å². The highest BCUT2D eigenvalue weighted by Gasteiger charge is 2.37. The first-order chi connectivity index (χ1) is 9.61. The lowest BCUT2D eigenvalue weighted by Crippen LogP contribution is -2.29. The molecule has 0 saturated heterocycles. The number of halogens is 1. The second-order valence-corrected chi connectivity index (χ2v) is 5.79. The molecule has 0 radical (unpaired) electrons.